The van der Waals surface area contributed by atoms with Crippen molar-refractivity contribution in [3.05, 3.63) is 51.7 Å². The Balaban J connectivity index is 1.87. The molecule has 2 aromatic rings. The Bertz CT molecular complexity index is 914. The van der Waals surface area contributed by atoms with Crippen LogP contribution < -0.4 is 4.83 Å². The van der Waals surface area contributed by atoms with Gasteiger partial charge in [-0.25, -0.2) is 0 Å². The molecule has 3 rings (SSSR count). The third kappa shape index (κ3) is 3.74. The van der Waals surface area contributed by atoms with Crippen molar-refractivity contribution in [3.63, 3.8) is 0 Å². The minimum Gasteiger partial charge on any atom is -0.469 e. The molecule has 0 saturated heterocycles. The fraction of sp³-hybridized carbons (Fsp3) is 0.294. The van der Waals surface area contributed by atoms with E-state index >= 15 is 0 Å². The van der Waals surface area contributed by atoms with Crippen molar-refractivity contribution in [2.75, 3.05) is 7.11 Å². The van der Waals surface area contributed by atoms with Gasteiger partial charge in [0, 0.05) is 16.9 Å². The maximum absolute atomic E-state index is 12.4. The number of esters is 1. The minimum absolute atomic E-state index is 0.147. The number of ether oxygens (including phenoxy) is 1. The average molecular weight is 378 g/mol. The van der Waals surface area contributed by atoms with Crippen LogP contribution in [0.15, 0.2) is 45.7 Å². The smallest absolute Gasteiger partial charge is 0.309 e. The Labute approximate surface area is 150 Å². The molecule has 1 heterocycles. The SMILES string of the molecule is COC(=O)C1C/C(=N/NS(=O)(=O)c2ccc(C)cc2)c2ccsc2C1. The molecule has 1 aliphatic carbocycles. The van der Waals surface area contributed by atoms with E-state index in [2.05, 4.69) is 9.93 Å². The maximum Gasteiger partial charge on any atom is 0.309 e. The molecule has 6 nitrogen and oxygen atoms in total. The lowest BCUT2D eigenvalue weighted by Gasteiger charge is -2.21. The molecule has 0 bridgehead atoms. The van der Waals surface area contributed by atoms with E-state index in [1.807, 2.05) is 18.4 Å². The number of nitrogens with one attached hydrogen (secondary N) is 1. The number of fused-ring (bicyclic) bond motifs is 1. The van der Waals surface area contributed by atoms with Gasteiger partial charge in [0.1, 0.15) is 0 Å². The monoisotopic (exact) mass is 378 g/mol. The summed E-state index contributed by atoms with van der Waals surface area (Å²) in [4.78, 5) is 15.3. The van der Waals surface area contributed by atoms with Crippen LogP contribution in [0.2, 0.25) is 0 Å². The normalized spacial score (nSPS) is 18.6. The Morgan fingerprint density at radius 3 is 2.64 bits per heavy atom. The summed E-state index contributed by atoms with van der Waals surface area (Å²) < 4.78 is 29.6. The number of carbonyl (C=O) groups excluding carboxylic acids is 1. The number of carbonyl (C=O) groups is 1. The number of rotatable bonds is 4. The van der Waals surface area contributed by atoms with Crippen molar-refractivity contribution in [1.82, 2.24) is 4.83 Å². The van der Waals surface area contributed by atoms with Crippen LogP contribution in [-0.4, -0.2) is 27.2 Å². The summed E-state index contributed by atoms with van der Waals surface area (Å²) in [6, 6.07) is 8.42. The molecule has 25 heavy (non-hydrogen) atoms. The number of hydrogen-bond acceptors (Lipinski definition) is 6. The number of hydrazone groups is 1. The van der Waals surface area contributed by atoms with Crippen molar-refractivity contribution < 1.29 is 17.9 Å². The molecule has 132 valence electrons. The standard InChI is InChI=1S/C17H18N2O4S2/c1-11-3-5-13(6-4-11)25(21,22)19-18-15-9-12(17(20)23-2)10-16-14(15)7-8-24-16/h3-8,12,19H,9-10H2,1-2H3/b18-15-. The van der Waals surface area contributed by atoms with Crippen molar-refractivity contribution in [3.8, 4) is 0 Å². The van der Waals surface area contributed by atoms with Crippen LogP contribution in [0.3, 0.4) is 0 Å². The van der Waals surface area contributed by atoms with Gasteiger partial charge in [-0.15, -0.1) is 11.3 Å². The molecule has 1 unspecified atom stereocenters. The molecule has 0 radical (unpaired) electrons. The van der Waals surface area contributed by atoms with Gasteiger partial charge in [0.05, 0.1) is 23.6 Å². The van der Waals surface area contributed by atoms with Crippen LogP contribution in [0.4, 0.5) is 0 Å². The second-order valence-electron chi connectivity index (χ2n) is 5.85. The number of nitrogens with zero attached hydrogens (tertiary/aromatic N) is 1. The van der Waals surface area contributed by atoms with E-state index in [4.69, 9.17) is 4.74 Å². The van der Waals surface area contributed by atoms with E-state index in [1.165, 1.54) is 30.6 Å². The minimum atomic E-state index is -3.76. The third-order valence-electron chi connectivity index (χ3n) is 4.09. The van der Waals surface area contributed by atoms with Gasteiger partial charge in [0.2, 0.25) is 0 Å². The summed E-state index contributed by atoms with van der Waals surface area (Å²) in [5.74, 6) is -0.660. The second-order valence-corrected chi connectivity index (χ2v) is 8.51. The van der Waals surface area contributed by atoms with Crippen LogP contribution in [0.25, 0.3) is 0 Å². The molecule has 1 aromatic heterocycles. The number of aryl methyl sites for hydroxylation is 1. The highest BCUT2D eigenvalue weighted by Gasteiger charge is 2.30. The first-order valence-electron chi connectivity index (χ1n) is 7.70. The van der Waals surface area contributed by atoms with Gasteiger partial charge in [-0.3, -0.25) is 4.79 Å². The van der Waals surface area contributed by atoms with Gasteiger partial charge < -0.3 is 4.74 Å². The summed E-state index contributed by atoms with van der Waals surface area (Å²) in [7, 11) is -2.41. The summed E-state index contributed by atoms with van der Waals surface area (Å²) in [6.45, 7) is 1.89. The van der Waals surface area contributed by atoms with E-state index in [-0.39, 0.29) is 16.8 Å². The van der Waals surface area contributed by atoms with Crippen LogP contribution in [0.1, 0.15) is 22.4 Å². The third-order valence-corrected chi connectivity index (χ3v) is 6.26. The van der Waals surface area contributed by atoms with Gasteiger partial charge >= 0.3 is 5.97 Å². The van der Waals surface area contributed by atoms with Crippen molar-refractivity contribution >= 4 is 33.0 Å². The van der Waals surface area contributed by atoms with Gasteiger partial charge in [-0.2, -0.15) is 18.4 Å². The Kier molecular flexibility index (Phi) is 4.91. The van der Waals surface area contributed by atoms with Crippen LogP contribution in [-0.2, 0) is 26.0 Å². The van der Waals surface area contributed by atoms with E-state index in [0.29, 0.717) is 18.6 Å². The molecular formula is C17H18N2O4S2. The molecule has 1 aromatic carbocycles. The number of sulfonamides is 1. The highest BCUT2D eigenvalue weighted by atomic mass is 32.2. The van der Waals surface area contributed by atoms with Crippen LogP contribution in [0, 0.1) is 12.8 Å². The topological polar surface area (TPSA) is 84.8 Å². The molecule has 0 aliphatic heterocycles. The van der Waals surface area contributed by atoms with E-state index in [9.17, 15) is 13.2 Å². The largest absolute Gasteiger partial charge is 0.469 e. The predicted molar refractivity (Wildman–Crippen MR) is 96.2 cm³/mol. The molecule has 8 heteroatoms. The van der Waals surface area contributed by atoms with Crippen molar-refractivity contribution in [2.45, 2.75) is 24.7 Å². The fourth-order valence-electron chi connectivity index (χ4n) is 2.72. The number of benzene rings is 1. The predicted octanol–water partition coefficient (Wildman–Crippen LogP) is 2.47. The summed E-state index contributed by atoms with van der Waals surface area (Å²) in [6.07, 6.45) is 0.927. The summed E-state index contributed by atoms with van der Waals surface area (Å²) in [5, 5.41) is 6.02. The maximum atomic E-state index is 12.4. The van der Waals surface area contributed by atoms with Gasteiger partial charge in [0.15, 0.2) is 0 Å². The van der Waals surface area contributed by atoms with Crippen LogP contribution in [0.5, 0.6) is 0 Å². The molecule has 0 saturated carbocycles. The highest BCUT2D eigenvalue weighted by molar-refractivity contribution is 7.89. The van der Waals surface area contributed by atoms with E-state index in [1.54, 1.807) is 12.1 Å². The number of hydrogen-bond donors (Lipinski definition) is 1. The molecular weight excluding hydrogens is 360 g/mol. The Hall–Kier alpha value is -2.19. The van der Waals surface area contributed by atoms with Crippen molar-refractivity contribution in [1.29, 1.82) is 0 Å². The van der Waals surface area contributed by atoms with E-state index < -0.39 is 10.0 Å². The Morgan fingerprint density at radius 1 is 1.24 bits per heavy atom. The molecule has 0 fully saturated rings. The van der Waals surface area contributed by atoms with Crippen LogP contribution >= 0.6 is 11.3 Å². The first kappa shape index (κ1) is 17.6. The first-order chi connectivity index (χ1) is 11.9. The lowest BCUT2D eigenvalue weighted by Crippen LogP contribution is -2.29. The zero-order valence-corrected chi connectivity index (χ0v) is 15.5. The lowest BCUT2D eigenvalue weighted by molar-refractivity contribution is -0.145. The fourth-order valence-corrected chi connectivity index (χ4v) is 4.53. The zero-order valence-electron chi connectivity index (χ0n) is 13.9. The first-order valence-corrected chi connectivity index (χ1v) is 10.1. The number of methoxy groups -OCH3 is 1. The van der Waals surface area contributed by atoms with Gasteiger partial charge in [-0.1, -0.05) is 17.7 Å². The molecule has 0 spiro atoms. The highest BCUT2D eigenvalue weighted by Crippen LogP contribution is 2.30. The summed E-state index contributed by atoms with van der Waals surface area (Å²) in [5.41, 5.74) is 2.41. The van der Waals surface area contributed by atoms with Gasteiger partial charge in [-0.05, 0) is 36.9 Å². The lowest BCUT2D eigenvalue weighted by atomic mass is 9.87. The zero-order chi connectivity index (χ0) is 18.0. The Morgan fingerprint density at radius 2 is 1.96 bits per heavy atom. The van der Waals surface area contributed by atoms with Gasteiger partial charge in [0.25, 0.3) is 10.0 Å². The average Bonchev–Trinajstić information content (AvgIpc) is 3.08. The molecule has 1 atom stereocenters. The van der Waals surface area contributed by atoms with Crippen molar-refractivity contribution in [2.24, 2.45) is 11.0 Å². The second kappa shape index (κ2) is 6.97. The number of thiophene rings is 1. The molecule has 1 aliphatic rings. The molecule has 1 N–H and O–H groups in total. The quantitative estimate of drug-likeness (QED) is 0.654. The van der Waals surface area contributed by atoms with E-state index in [0.717, 1.165) is 16.0 Å². The summed E-state index contributed by atoms with van der Waals surface area (Å²) >= 11 is 1.53. The molecule has 0 amide bonds.